The molecule has 0 aliphatic carbocycles. The van der Waals surface area contributed by atoms with E-state index in [4.69, 9.17) is 14.2 Å². The molecule has 1 atom stereocenters. The quantitative estimate of drug-likeness (QED) is 0.0261. The molecule has 0 fully saturated rings. The van der Waals surface area contributed by atoms with Crippen LogP contribution < -0.4 is 0 Å². The summed E-state index contributed by atoms with van der Waals surface area (Å²) in [6.45, 7) is 6.55. The molecule has 0 saturated carbocycles. The molecule has 0 saturated heterocycles. The summed E-state index contributed by atoms with van der Waals surface area (Å²) in [5, 5.41) is 0. The Bertz CT molecular complexity index is 1400. The first-order valence-electron chi connectivity index (χ1n) is 36.1. The number of esters is 3. The molecule has 0 radical (unpaired) electrons. The van der Waals surface area contributed by atoms with Crippen LogP contribution >= 0.6 is 0 Å². The van der Waals surface area contributed by atoms with Gasteiger partial charge in [-0.05, 0) is 57.8 Å². The van der Waals surface area contributed by atoms with Crippen molar-refractivity contribution in [3.05, 3.63) is 48.6 Å². The molecule has 0 aromatic heterocycles. The van der Waals surface area contributed by atoms with E-state index in [1.54, 1.807) is 0 Å². The zero-order valence-corrected chi connectivity index (χ0v) is 54.6. The largest absolute Gasteiger partial charge is 0.462 e. The Morgan fingerprint density at radius 2 is 0.481 bits per heavy atom. The van der Waals surface area contributed by atoms with E-state index in [1.165, 1.54) is 270 Å². The normalized spacial score (nSPS) is 12.3. The van der Waals surface area contributed by atoms with E-state index in [0.717, 1.165) is 83.5 Å². The molecule has 0 aromatic rings. The lowest BCUT2D eigenvalue weighted by molar-refractivity contribution is -0.167. The number of ether oxygens (including phenoxy) is 3. The van der Waals surface area contributed by atoms with Crippen LogP contribution in [0.2, 0.25) is 0 Å². The minimum Gasteiger partial charge on any atom is -0.462 e. The molecule has 0 aromatic carbocycles. The fourth-order valence-corrected chi connectivity index (χ4v) is 11.0. The van der Waals surface area contributed by atoms with Gasteiger partial charge in [-0.15, -0.1) is 0 Å². The summed E-state index contributed by atoms with van der Waals surface area (Å²) in [4.78, 5) is 38.2. The van der Waals surface area contributed by atoms with Crippen LogP contribution in [0.25, 0.3) is 0 Å². The van der Waals surface area contributed by atoms with Gasteiger partial charge in [-0.3, -0.25) is 14.4 Å². The molecule has 6 heteroatoms. The Morgan fingerprint density at radius 3 is 0.753 bits per heavy atom. The summed E-state index contributed by atoms with van der Waals surface area (Å²) in [6.07, 6.45) is 89.0. The third kappa shape index (κ3) is 68.0. The summed E-state index contributed by atoms with van der Waals surface area (Å²) < 4.78 is 16.9. The lowest BCUT2D eigenvalue weighted by Crippen LogP contribution is -2.30. The van der Waals surface area contributed by atoms with E-state index < -0.39 is 6.10 Å². The number of hydrogen-bond acceptors (Lipinski definition) is 6. The van der Waals surface area contributed by atoms with Gasteiger partial charge in [0.2, 0.25) is 0 Å². The summed E-state index contributed by atoms with van der Waals surface area (Å²) >= 11 is 0. The number of carbonyl (C=O) groups is 3. The van der Waals surface area contributed by atoms with Gasteiger partial charge in [0.05, 0.1) is 0 Å². The minimum absolute atomic E-state index is 0.0674. The van der Waals surface area contributed by atoms with Gasteiger partial charge < -0.3 is 14.2 Å². The topological polar surface area (TPSA) is 78.9 Å². The fourth-order valence-electron chi connectivity index (χ4n) is 11.0. The van der Waals surface area contributed by atoms with Crippen LogP contribution in [0.4, 0.5) is 0 Å². The van der Waals surface area contributed by atoms with Crippen LogP contribution in [0, 0.1) is 0 Å². The monoisotopic (exact) mass is 1140 g/mol. The zero-order valence-electron chi connectivity index (χ0n) is 54.6. The lowest BCUT2D eigenvalue weighted by Gasteiger charge is -2.18. The Morgan fingerprint density at radius 1 is 0.259 bits per heavy atom. The maximum atomic E-state index is 12.9. The molecule has 0 bridgehead atoms. The summed E-state index contributed by atoms with van der Waals surface area (Å²) in [5.74, 6) is -0.849. The second-order valence-electron chi connectivity index (χ2n) is 24.5. The van der Waals surface area contributed by atoms with Crippen molar-refractivity contribution >= 4 is 17.9 Å². The summed E-state index contributed by atoms with van der Waals surface area (Å²) in [5.41, 5.74) is 0. The SMILES string of the molecule is CC/C=C\C/C=C\C/C=C\C/C=C\CCCCCCCCCCCCCCCCC(=O)OC(COC(=O)CCCCCCCCC)COC(=O)CCCCCCCCCCCCCCCCCCCCCCCCCCCCCCC. The van der Waals surface area contributed by atoms with Crippen molar-refractivity contribution in [1.82, 2.24) is 0 Å². The second-order valence-corrected chi connectivity index (χ2v) is 24.5. The molecular formula is C75H138O6. The molecule has 0 spiro atoms. The van der Waals surface area contributed by atoms with Gasteiger partial charge in [0.15, 0.2) is 6.10 Å². The molecule has 81 heavy (non-hydrogen) atoms. The average Bonchev–Trinajstić information content (AvgIpc) is 3.46. The van der Waals surface area contributed by atoms with Crippen LogP contribution in [-0.2, 0) is 28.6 Å². The predicted octanol–water partition coefficient (Wildman–Crippen LogP) is 24.9. The average molecular weight is 1140 g/mol. The van der Waals surface area contributed by atoms with E-state index in [-0.39, 0.29) is 31.1 Å². The number of hydrogen-bond donors (Lipinski definition) is 0. The van der Waals surface area contributed by atoms with Gasteiger partial charge in [-0.1, -0.05) is 365 Å². The van der Waals surface area contributed by atoms with Gasteiger partial charge in [0.1, 0.15) is 13.2 Å². The Balaban J connectivity index is 4.00. The number of carbonyl (C=O) groups excluding carboxylic acids is 3. The van der Waals surface area contributed by atoms with Gasteiger partial charge in [-0.2, -0.15) is 0 Å². The van der Waals surface area contributed by atoms with Crippen molar-refractivity contribution in [2.45, 2.75) is 399 Å². The number of rotatable bonds is 67. The van der Waals surface area contributed by atoms with Crippen LogP contribution in [0.3, 0.4) is 0 Å². The smallest absolute Gasteiger partial charge is 0.306 e. The van der Waals surface area contributed by atoms with Crippen LogP contribution in [0.1, 0.15) is 393 Å². The van der Waals surface area contributed by atoms with Gasteiger partial charge in [-0.25, -0.2) is 0 Å². The molecular weight excluding hydrogens is 997 g/mol. The third-order valence-electron chi connectivity index (χ3n) is 16.3. The highest BCUT2D eigenvalue weighted by Gasteiger charge is 2.19. The van der Waals surface area contributed by atoms with E-state index >= 15 is 0 Å². The van der Waals surface area contributed by atoms with Gasteiger partial charge >= 0.3 is 17.9 Å². The Kier molecular flexibility index (Phi) is 67.6. The third-order valence-corrected chi connectivity index (χ3v) is 16.3. The van der Waals surface area contributed by atoms with Gasteiger partial charge in [0.25, 0.3) is 0 Å². The second kappa shape index (κ2) is 69.9. The molecule has 0 heterocycles. The number of unbranched alkanes of at least 4 members (excludes halogenated alkanes) is 48. The molecule has 1 unspecified atom stereocenters. The summed E-state index contributed by atoms with van der Waals surface area (Å²) in [6, 6.07) is 0. The minimum atomic E-state index is -0.769. The lowest BCUT2D eigenvalue weighted by atomic mass is 10.0. The zero-order chi connectivity index (χ0) is 58.5. The first-order chi connectivity index (χ1) is 40.0. The van der Waals surface area contributed by atoms with E-state index in [9.17, 15) is 14.4 Å². The van der Waals surface area contributed by atoms with Crippen molar-refractivity contribution in [2.24, 2.45) is 0 Å². The highest BCUT2D eigenvalue weighted by molar-refractivity contribution is 5.71. The van der Waals surface area contributed by atoms with Crippen molar-refractivity contribution in [3.63, 3.8) is 0 Å². The molecule has 474 valence electrons. The Hall–Kier alpha value is -2.63. The molecule has 0 N–H and O–H groups in total. The van der Waals surface area contributed by atoms with E-state index in [1.807, 2.05) is 0 Å². The van der Waals surface area contributed by atoms with Crippen molar-refractivity contribution in [3.8, 4) is 0 Å². The molecule has 0 aliphatic heterocycles. The highest BCUT2D eigenvalue weighted by atomic mass is 16.6. The standard InChI is InChI=1S/C75H138O6/c1-4-7-10-13-16-18-20-22-24-26-28-30-32-34-36-37-39-40-42-44-46-48-50-52-54-56-59-62-65-68-74(77)80-71-72(70-79-73(76)67-64-61-58-15-12-9-6-3)81-75(78)69-66-63-60-57-55-53-51-49-47-45-43-41-38-35-33-31-29-27-25-23-21-19-17-14-11-8-5-2/h8,11,17,19,23,25,29,31,72H,4-7,9-10,12-16,18,20-22,24,26-28,30,32-71H2,1-3H3/b11-8-,19-17-,25-23-,31-29-. The van der Waals surface area contributed by atoms with Gasteiger partial charge in [0, 0.05) is 19.3 Å². The van der Waals surface area contributed by atoms with Crippen LogP contribution in [-0.4, -0.2) is 37.2 Å². The maximum Gasteiger partial charge on any atom is 0.306 e. The fraction of sp³-hybridized carbons (Fsp3) is 0.853. The van der Waals surface area contributed by atoms with Crippen LogP contribution in [0.5, 0.6) is 0 Å². The highest BCUT2D eigenvalue weighted by Crippen LogP contribution is 2.19. The first kappa shape index (κ1) is 78.4. The van der Waals surface area contributed by atoms with Crippen molar-refractivity contribution in [2.75, 3.05) is 13.2 Å². The van der Waals surface area contributed by atoms with Crippen molar-refractivity contribution < 1.29 is 28.6 Å². The Labute approximate surface area is 505 Å². The molecule has 0 amide bonds. The van der Waals surface area contributed by atoms with Crippen molar-refractivity contribution in [1.29, 1.82) is 0 Å². The molecule has 0 aliphatic rings. The summed E-state index contributed by atoms with van der Waals surface area (Å²) in [7, 11) is 0. The predicted molar refractivity (Wildman–Crippen MR) is 353 cm³/mol. The first-order valence-corrected chi connectivity index (χ1v) is 36.1. The van der Waals surface area contributed by atoms with E-state index in [2.05, 4.69) is 69.4 Å². The number of allylic oxidation sites excluding steroid dienone is 8. The van der Waals surface area contributed by atoms with E-state index in [0.29, 0.717) is 19.3 Å². The maximum absolute atomic E-state index is 12.9. The van der Waals surface area contributed by atoms with Crippen LogP contribution in [0.15, 0.2) is 48.6 Å². The molecule has 6 nitrogen and oxygen atoms in total. The molecule has 0 rings (SSSR count).